The Morgan fingerprint density at radius 3 is 2.92 bits per heavy atom. The topological polar surface area (TPSA) is 46.0 Å². The van der Waals surface area contributed by atoms with E-state index >= 15 is 0 Å². The van der Waals surface area contributed by atoms with Gasteiger partial charge >= 0.3 is 0 Å². The van der Waals surface area contributed by atoms with E-state index in [-0.39, 0.29) is 0 Å². The van der Waals surface area contributed by atoms with Gasteiger partial charge in [0.1, 0.15) is 5.76 Å². The van der Waals surface area contributed by atoms with E-state index in [4.69, 9.17) is 4.42 Å². The molecule has 0 unspecified atom stereocenters. The van der Waals surface area contributed by atoms with Crippen molar-refractivity contribution in [3.05, 3.63) is 47.7 Å². The minimum absolute atomic E-state index is 0.380. The average Bonchev–Trinajstić information content (AvgIpc) is 2.76. The summed E-state index contributed by atoms with van der Waals surface area (Å²) in [5.41, 5.74) is 1.15. The van der Waals surface area contributed by atoms with E-state index in [1.165, 1.54) is 0 Å². The van der Waals surface area contributed by atoms with Crippen LogP contribution in [-0.4, -0.2) is 11.3 Å². The number of hydrogen-bond donors (Lipinski definition) is 1. The van der Waals surface area contributed by atoms with Gasteiger partial charge in [0.2, 0.25) is 0 Å². The summed E-state index contributed by atoms with van der Waals surface area (Å²) in [5.74, 6) is 1.19. The highest BCUT2D eigenvalue weighted by Crippen LogP contribution is 2.11. The Morgan fingerprint density at radius 2 is 2.31 bits per heavy atom. The molecule has 0 spiro atoms. The number of H-pyrrole nitrogens is 1. The van der Waals surface area contributed by atoms with E-state index in [0.29, 0.717) is 12.0 Å². The number of aldehydes is 1. The summed E-state index contributed by atoms with van der Waals surface area (Å²) in [6.07, 6.45) is 5.19. The molecule has 13 heavy (non-hydrogen) atoms. The molecule has 3 heteroatoms. The lowest BCUT2D eigenvalue weighted by atomic mass is 10.2. The number of rotatable bonds is 3. The van der Waals surface area contributed by atoms with E-state index in [1.807, 2.05) is 24.5 Å². The minimum atomic E-state index is 0.380. The monoisotopic (exact) mass is 175 g/mol. The first-order valence-electron chi connectivity index (χ1n) is 4.04. The molecular weight excluding hydrogens is 166 g/mol. The van der Waals surface area contributed by atoms with Gasteiger partial charge in [0, 0.05) is 18.8 Å². The zero-order valence-electron chi connectivity index (χ0n) is 6.99. The van der Waals surface area contributed by atoms with Crippen LogP contribution < -0.4 is 0 Å². The van der Waals surface area contributed by atoms with Crippen LogP contribution in [0.15, 0.2) is 35.0 Å². The van der Waals surface area contributed by atoms with E-state index in [1.54, 1.807) is 6.07 Å². The quantitative estimate of drug-likeness (QED) is 0.725. The minimum Gasteiger partial charge on any atom is -0.458 e. The highest BCUT2D eigenvalue weighted by atomic mass is 16.3. The van der Waals surface area contributed by atoms with Crippen molar-refractivity contribution in [2.45, 2.75) is 6.42 Å². The summed E-state index contributed by atoms with van der Waals surface area (Å²) in [4.78, 5) is 13.3. The lowest BCUT2D eigenvalue weighted by molar-refractivity contribution is 0.109. The van der Waals surface area contributed by atoms with E-state index in [2.05, 4.69) is 4.98 Å². The van der Waals surface area contributed by atoms with Crippen molar-refractivity contribution < 1.29 is 9.21 Å². The van der Waals surface area contributed by atoms with Crippen LogP contribution >= 0.6 is 0 Å². The van der Waals surface area contributed by atoms with Gasteiger partial charge in [0.25, 0.3) is 0 Å². The summed E-state index contributed by atoms with van der Waals surface area (Å²) < 4.78 is 5.22. The number of nitrogens with one attached hydrogen (secondary N) is 1. The molecule has 0 aliphatic carbocycles. The lowest BCUT2D eigenvalue weighted by Crippen LogP contribution is -1.81. The average molecular weight is 175 g/mol. The van der Waals surface area contributed by atoms with Gasteiger partial charge < -0.3 is 9.40 Å². The van der Waals surface area contributed by atoms with E-state index in [0.717, 1.165) is 17.7 Å². The highest BCUT2D eigenvalue weighted by Gasteiger charge is 2.01. The predicted octanol–water partition coefficient (Wildman–Crippen LogP) is 2.01. The molecule has 0 radical (unpaired) electrons. The van der Waals surface area contributed by atoms with Crippen LogP contribution in [0.1, 0.15) is 21.9 Å². The second-order valence-corrected chi connectivity index (χ2v) is 2.82. The third-order valence-corrected chi connectivity index (χ3v) is 1.84. The fraction of sp³-hybridized carbons (Fsp3) is 0.100. The fourth-order valence-electron chi connectivity index (χ4n) is 1.22. The molecule has 0 aliphatic heterocycles. The lowest BCUT2D eigenvalue weighted by Gasteiger charge is -1.91. The first-order chi connectivity index (χ1) is 6.38. The van der Waals surface area contributed by atoms with Crippen LogP contribution in [0.3, 0.4) is 0 Å². The predicted molar refractivity (Wildman–Crippen MR) is 47.7 cm³/mol. The third-order valence-electron chi connectivity index (χ3n) is 1.84. The molecule has 0 bridgehead atoms. The molecule has 0 amide bonds. The maximum Gasteiger partial charge on any atom is 0.185 e. The summed E-state index contributed by atoms with van der Waals surface area (Å²) >= 11 is 0. The Bertz CT molecular complexity index is 387. The molecule has 2 aromatic rings. The SMILES string of the molecule is O=Cc1ccc(Cc2cc[nH]c2)o1. The number of carbonyl (C=O) groups is 1. The molecule has 1 N–H and O–H groups in total. The molecule has 2 heterocycles. The Kier molecular flexibility index (Phi) is 2.00. The fourth-order valence-corrected chi connectivity index (χ4v) is 1.22. The summed E-state index contributed by atoms with van der Waals surface area (Å²) in [7, 11) is 0. The van der Waals surface area contributed by atoms with Crippen molar-refractivity contribution in [1.29, 1.82) is 0 Å². The van der Waals surface area contributed by atoms with Crippen molar-refractivity contribution in [1.82, 2.24) is 4.98 Å². The second-order valence-electron chi connectivity index (χ2n) is 2.82. The number of hydrogen-bond acceptors (Lipinski definition) is 2. The molecule has 0 saturated heterocycles. The van der Waals surface area contributed by atoms with Crippen LogP contribution in [0.4, 0.5) is 0 Å². The van der Waals surface area contributed by atoms with Gasteiger partial charge in [-0.3, -0.25) is 4.79 Å². The molecular formula is C10H9NO2. The van der Waals surface area contributed by atoms with Gasteiger partial charge in [-0.1, -0.05) is 0 Å². The van der Waals surface area contributed by atoms with Crippen LogP contribution in [0.2, 0.25) is 0 Å². The maximum absolute atomic E-state index is 10.3. The zero-order valence-corrected chi connectivity index (χ0v) is 6.99. The maximum atomic E-state index is 10.3. The first-order valence-corrected chi connectivity index (χ1v) is 4.04. The van der Waals surface area contributed by atoms with Crippen molar-refractivity contribution in [2.75, 3.05) is 0 Å². The number of aromatic amines is 1. The third kappa shape index (κ3) is 1.69. The van der Waals surface area contributed by atoms with Crippen molar-refractivity contribution in [3.8, 4) is 0 Å². The Balaban J connectivity index is 2.14. The Morgan fingerprint density at radius 1 is 1.38 bits per heavy atom. The van der Waals surface area contributed by atoms with Crippen LogP contribution in [-0.2, 0) is 6.42 Å². The molecule has 0 saturated carbocycles. The Hall–Kier alpha value is -1.77. The zero-order chi connectivity index (χ0) is 9.10. The molecule has 0 atom stereocenters. The van der Waals surface area contributed by atoms with Gasteiger partial charge in [-0.15, -0.1) is 0 Å². The molecule has 3 nitrogen and oxygen atoms in total. The van der Waals surface area contributed by atoms with Crippen molar-refractivity contribution in [2.24, 2.45) is 0 Å². The number of furan rings is 1. The second kappa shape index (κ2) is 3.31. The Labute approximate surface area is 75.4 Å². The normalized spacial score (nSPS) is 10.2. The number of carbonyl (C=O) groups excluding carboxylic acids is 1. The molecule has 2 aromatic heterocycles. The van der Waals surface area contributed by atoms with E-state index in [9.17, 15) is 4.79 Å². The summed E-state index contributed by atoms with van der Waals surface area (Å²) in [6.45, 7) is 0. The van der Waals surface area contributed by atoms with Crippen molar-refractivity contribution >= 4 is 6.29 Å². The van der Waals surface area contributed by atoms with Gasteiger partial charge in [0.15, 0.2) is 12.0 Å². The van der Waals surface area contributed by atoms with Gasteiger partial charge in [-0.25, -0.2) is 0 Å². The molecule has 66 valence electrons. The smallest absolute Gasteiger partial charge is 0.185 e. The first kappa shape index (κ1) is 7.86. The number of aromatic nitrogens is 1. The van der Waals surface area contributed by atoms with Gasteiger partial charge in [0.05, 0.1) is 0 Å². The van der Waals surface area contributed by atoms with Crippen LogP contribution in [0.5, 0.6) is 0 Å². The van der Waals surface area contributed by atoms with Gasteiger partial charge in [-0.05, 0) is 23.8 Å². The molecule has 0 aromatic carbocycles. The molecule has 2 rings (SSSR count). The van der Waals surface area contributed by atoms with E-state index < -0.39 is 0 Å². The summed E-state index contributed by atoms with van der Waals surface area (Å²) in [5, 5.41) is 0. The highest BCUT2D eigenvalue weighted by molar-refractivity contribution is 5.70. The molecule has 0 fully saturated rings. The van der Waals surface area contributed by atoms with Crippen LogP contribution in [0, 0.1) is 0 Å². The van der Waals surface area contributed by atoms with Gasteiger partial charge in [-0.2, -0.15) is 0 Å². The summed E-state index contributed by atoms with van der Waals surface area (Å²) in [6, 6.07) is 5.47. The van der Waals surface area contributed by atoms with Crippen molar-refractivity contribution in [3.63, 3.8) is 0 Å². The van der Waals surface area contributed by atoms with Crippen LogP contribution in [0.25, 0.3) is 0 Å². The molecule has 0 aliphatic rings. The largest absolute Gasteiger partial charge is 0.458 e. The standard InChI is InChI=1S/C10H9NO2/c12-7-10-2-1-9(13-10)5-8-3-4-11-6-8/h1-4,6-7,11H,5H2.